The first-order valence-electron chi connectivity index (χ1n) is 5.46. The van der Waals surface area contributed by atoms with Gasteiger partial charge in [0.1, 0.15) is 5.52 Å². The number of thioether (sulfide) groups is 1. The van der Waals surface area contributed by atoms with Crippen LogP contribution in [0.5, 0.6) is 0 Å². The Balaban J connectivity index is 1.96. The summed E-state index contributed by atoms with van der Waals surface area (Å²) in [5.41, 5.74) is 1.73. The maximum atomic E-state index is 5.63. The van der Waals surface area contributed by atoms with Gasteiger partial charge in [-0.15, -0.1) is 6.42 Å². The monoisotopic (exact) mass is 246 g/mol. The minimum atomic E-state index is 0.372. The van der Waals surface area contributed by atoms with E-state index in [0.29, 0.717) is 17.0 Å². The highest BCUT2D eigenvalue weighted by Gasteiger charge is 2.10. The van der Waals surface area contributed by atoms with Crippen molar-refractivity contribution < 1.29 is 4.42 Å². The molecule has 1 heterocycles. The summed E-state index contributed by atoms with van der Waals surface area (Å²) in [7, 11) is 0. The van der Waals surface area contributed by atoms with Crippen LogP contribution >= 0.6 is 11.8 Å². The van der Waals surface area contributed by atoms with E-state index in [4.69, 9.17) is 10.8 Å². The second kappa shape index (κ2) is 5.76. The predicted molar refractivity (Wildman–Crippen MR) is 71.0 cm³/mol. The largest absolute Gasteiger partial charge is 0.431 e. The fraction of sp³-hybridized carbons (Fsp3) is 0.308. The molecule has 0 saturated heterocycles. The minimum absolute atomic E-state index is 0.372. The number of benzene rings is 1. The number of nitrogens with one attached hydrogen (secondary N) is 1. The first-order valence-corrected chi connectivity index (χ1v) is 6.34. The molecule has 0 aliphatic carbocycles. The van der Waals surface area contributed by atoms with E-state index in [0.717, 1.165) is 17.6 Å². The molecule has 1 atom stereocenters. The third-order valence-corrected chi connectivity index (χ3v) is 3.18. The second-order valence-electron chi connectivity index (χ2n) is 3.71. The minimum Gasteiger partial charge on any atom is -0.431 e. The molecular formula is C13H14N2OS. The smallest absolute Gasteiger partial charge is 0.257 e. The zero-order chi connectivity index (χ0) is 12.1. The Labute approximate surface area is 105 Å². The number of para-hydroxylation sites is 2. The summed E-state index contributed by atoms with van der Waals surface area (Å²) >= 11 is 1.61. The number of nitrogens with zero attached hydrogens (tertiary/aromatic N) is 1. The van der Waals surface area contributed by atoms with Crippen molar-refractivity contribution in [3.8, 4) is 12.3 Å². The van der Waals surface area contributed by atoms with Crippen LogP contribution in [-0.4, -0.2) is 23.3 Å². The molecule has 0 spiro atoms. The Morgan fingerprint density at radius 3 is 3.12 bits per heavy atom. The van der Waals surface area contributed by atoms with Gasteiger partial charge in [0.2, 0.25) is 0 Å². The third kappa shape index (κ3) is 3.26. The van der Waals surface area contributed by atoms with Gasteiger partial charge in [0.05, 0.1) is 6.54 Å². The number of terminal acetylenes is 1. The molecular weight excluding hydrogens is 232 g/mol. The molecule has 17 heavy (non-hydrogen) atoms. The van der Waals surface area contributed by atoms with Gasteiger partial charge in [-0.1, -0.05) is 36.7 Å². The van der Waals surface area contributed by atoms with Gasteiger partial charge in [-0.05, 0) is 12.1 Å². The summed E-state index contributed by atoms with van der Waals surface area (Å²) in [5.74, 6) is 2.55. The molecule has 2 rings (SSSR count). The average molecular weight is 246 g/mol. The second-order valence-corrected chi connectivity index (χ2v) is 5.10. The molecule has 0 radical (unpaired) electrons. The lowest BCUT2D eigenvalue weighted by molar-refractivity contribution is 0.488. The fourth-order valence-corrected chi connectivity index (χ4v) is 2.30. The maximum Gasteiger partial charge on any atom is 0.257 e. The highest BCUT2D eigenvalue weighted by molar-refractivity contribution is 7.99. The molecule has 1 unspecified atom stereocenters. The topological polar surface area (TPSA) is 38.1 Å². The summed E-state index contributed by atoms with van der Waals surface area (Å²) in [5, 5.41) is 4.24. The van der Waals surface area contributed by atoms with Gasteiger partial charge < -0.3 is 9.73 Å². The molecule has 0 bridgehead atoms. The van der Waals surface area contributed by atoms with E-state index in [1.807, 2.05) is 24.3 Å². The van der Waals surface area contributed by atoms with Gasteiger partial charge in [0, 0.05) is 11.8 Å². The molecule has 1 aromatic heterocycles. The van der Waals surface area contributed by atoms with E-state index in [9.17, 15) is 0 Å². The average Bonchev–Trinajstić information content (AvgIpc) is 2.71. The molecule has 88 valence electrons. The van der Waals surface area contributed by atoms with Crippen molar-refractivity contribution in [2.24, 2.45) is 0 Å². The van der Waals surface area contributed by atoms with Crippen LogP contribution in [0, 0.1) is 12.3 Å². The van der Waals surface area contributed by atoms with Gasteiger partial charge in [0.25, 0.3) is 5.22 Å². The summed E-state index contributed by atoms with van der Waals surface area (Å²) < 4.78 is 5.63. The van der Waals surface area contributed by atoms with E-state index in [1.165, 1.54) is 0 Å². The Kier molecular flexibility index (Phi) is 4.08. The molecule has 0 aliphatic heterocycles. The van der Waals surface area contributed by atoms with Gasteiger partial charge in [-0.2, -0.15) is 0 Å². The lowest BCUT2D eigenvalue weighted by Gasteiger charge is -2.07. The van der Waals surface area contributed by atoms with Crippen LogP contribution in [0.3, 0.4) is 0 Å². The molecule has 0 aliphatic rings. The molecule has 3 nitrogen and oxygen atoms in total. The Morgan fingerprint density at radius 1 is 1.53 bits per heavy atom. The van der Waals surface area contributed by atoms with Crippen molar-refractivity contribution in [1.82, 2.24) is 10.3 Å². The SMILES string of the molecule is C#CCNCC(C)Sc1nc2ccccc2o1. The molecule has 4 heteroatoms. The van der Waals surface area contributed by atoms with Crippen LogP contribution in [0.4, 0.5) is 0 Å². The molecule has 0 saturated carbocycles. The van der Waals surface area contributed by atoms with Crippen LogP contribution in [0.25, 0.3) is 11.1 Å². The van der Waals surface area contributed by atoms with Crippen LogP contribution < -0.4 is 5.32 Å². The standard InChI is InChI=1S/C13H14N2OS/c1-3-8-14-9-10(2)17-13-15-11-6-4-5-7-12(11)16-13/h1,4-7,10,14H,8-9H2,2H3. The van der Waals surface area contributed by atoms with E-state index in [2.05, 4.69) is 23.1 Å². The van der Waals surface area contributed by atoms with Crippen LogP contribution in [0.2, 0.25) is 0 Å². The fourth-order valence-electron chi connectivity index (χ4n) is 1.46. The summed E-state index contributed by atoms with van der Waals surface area (Å²) in [4.78, 5) is 4.41. The first-order chi connectivity index (χ1) is 8.29. The molecule has 2 aromatic rings. The van der Waals surface area contributed by atoms with Crippen molar-refractivity contribution in [3.05, 3.63) is 24.3 Å². The summed E-state index contributed by atoms with van der Waals surface area (Å²) in [6, 6.07) is 7.77. The van der Waals surface area contributed by atoms with Crippen molar-refractivity contribution >= 4 is 22.9 Å². The third-order valence-electron chi connectivity index (χ3n) is 2.24. The highest BCUT2D eigenvalue weighted by atomic mass is 32.2. The van der Waals surface area contributed by atoms with Crippen molar-refractivity contribution in [3.63, 3.8) is 0 Å². The van der Waals surface area contributed by atoms with Gasteiger partial charge >= 0.3 is 0 Å². The normalized spacial score (nSPS) is 12.5. The Bertz CT molecular complexity index is 496. The molecule has 0 fully saturated rings. The zero-order valence-electron chi connectivity index (χ0n) is 9.64. The van der Waals surface area contributed by atoms with Crippen molar-refractivity contribution in [2.75, 3.05) is 13.1 Å². The van der Waals surface area contributed by atoms with Crippen molar-refractivity contribution in [1.29, 1.82) is 0 Å². The number of rotatable bonds is 5. The van der Waals surface area contributed by atoms with E-state index in [1.54, 1.807) is 11.8 Å². The van der Waals surface area contributed by atoms with Gasteiger partial charge in [-0.25, -0.2) is 4.98 Å². The Morgan fingerprint density at radius 2 is 2.35 bits per heavy atom. The van der Waals surface area contributed by atoms with E-state index in [-0.39, 0.29) is 0 Å². The molecule has 0 amide bonds. The molecule has 1 N–H and O–H groups in total. The zero-order valence-corrected chi connectivity index (χ0v) is 10.5. The summed E-state index contributed by atoms with van der Waals surface area (Å²) in [6.07, 6.45) is 5.17. The number of aromatic nitrogens is 1. The van der Waals surface area contributed by atoms with Gasteiger partial charge in [-0.3, -0.25) is 0 Å². The van der Waals surface area contributed by atoms with E-state index >= 15 is 0 Å². The van der Waals surface area contributed by atoms with Crippen molar-refractivity contribution in [2.45, 2.75) is 17.4 Å². The Hall–Kier alpha value is -1.44. The maximum absolute atomic E-state index is 5.63. The molecule has 1 aromatic carbocycles. The van der Waals surface area contributed by atoms with Crippen LogP contribution in [-0.2, 0) is 0 Å². The van der Waals surface area contributed by atoms with E-state index < -0.39 is 0 Å². The predicted octanol–water partition coefficient (Wildman–Crippen LogP) is 2.53. The number of hydrogen-bond donors (Lipinski definition) is 1. The van der Waals surface area contributed by atoms with Gasteiger partial charge in [0.15, 0.2) is 5.58 Å². The number of oxazole rings is 1. The lowest BCUT2D eigenvalue weighted by atomic mass is 10.3. The quantitative estimate of drug-likeness (QED) is 0.500. The number of hydrogen-bond acceptors (Lipinski definition) is 4. The first kappa shape index (κ1) is 12.0. The van der Waals surface area contributed by atoms with Crippen LogP contribution in [0.15, 0.2) is 33.9 Å². The van der Waals surface area contributed by atoms with Crippen LogP contribution in [0.1, 0.15) is 6.92 Å². The number of fused-ring (bicyclic) bond motifs is 1. The lowest BCUT2D eigenvalue weighted by Crippen LogP contribution is -2.22. The summed E-state index contributed by atoms with van der Waals surface area (Å²) in [6.45, 7) is 3.55. The highest BCUT2D eigenvalue weighted by Crippen LogP contribution is 2.26.